The normalized spacial score (nSPS) is 17.6. The molecule has 0 aliphatic carbocycles. The number of thioether (sulfide) groups is 1. The summed E-state index contributed by atoms with van der Waals surface area (Å²) in [6, 6.07) is 2.80. The van der Waals surface area contributed by atoms with Crippen molar-refractivity contribution in [3.05, 3.63) is 27.7 Å². The van der Waals surface area contributed by atoms with Crippen molar-refractivity contribution in [1.29, 1.82) is 0 Å². The van der Waals surface area contributed by atoms with Gasteiger partial charge in [0.15, 0.2) is 0 Å². The van der Waals surface area contributed by atoms with Gasteiger partial charge >= 0.3 is 0 Å². The highest BCUT2D eigenvalue weighted by atomic mass is 35.5. The van der Waals surface area contributed by atoms with Gasteiger partial charge in [0.05, 0.1) is 11.6 Å². The summed E-state index contributed by atoms with van der Waals surface area (Å²) in [5, 5.41) is 9.48. The number of sulfonamides is 1. The van der Waals surface area contributed by atoms with E-state index in [0.29, 0.717) is 18.7 Å². The number of aliphatic hydroxyl groups is 1. The fourth-order valence-corrected chi connectivity index (χ4v) is 5.32. The van der Waals surface area contributed by atoms with E-state index in [4.69, 9.17) is 23.2 Å². The lowest BCUT2D eigenvalue weighted by Crippen LogP contribution is -2.38. The van der Waals surface area contributed by atoms with Gasteiger partial charge in [-0.15, -0.1) is 0 Å². The number of halogens is 2. The lowest BCUT2D eigenvalue weighted by Gasteiger charge is -2.26. The van der Waals surface area contributed by atoms with E-state index in [1.807, 2.05) is 0 Å². The van der Waals surface area contributed by atoms with Crippen LogP contribution < -0.4 is 0 Å². The van der Waals surface area contributed by atoms with Crippen LogP contribution in [0.4, 0.5) is 0 Å². The topological polar surface area (TPSA) is 57.6 Å². The zero-order valence-electron chi connectivity index (χ0n) is 9.97. The molecule has 0 atom stereocenters. The second kappa shape index (κ2) is 6.20. The highest BCUT2D eigenvalue weighted by Gasteiger charge is 2.29. The predicted molar refractivity (Wildman–Crippen MR) is 78.5 cm³/mol. The van der Waals surface area contributed by atoms with Crippen molar-refractivity contribution in [3.63, 3.8) is 0 Å². The molecule has 0 radical (unpaired) electrons. The molecule has 2 rings (SSSR count). The summed E-state index contributed by atoms with van der Waals surface area (Å²) < 4.78 is 26.4. The maximum absolute atomic E-state index is 12.5. The smallest absolute Gasteiger partial charge is 0.244 e. The molecule has 1 heterocycles. The van der Waals surface area contributed by atoms with Gasteiger partial charge in [0.1, 0.15) is 4.90 Å². The highest BCUT2D eigenvalue weighted by molar-refractivity contribution is 7.99. The molecule has 0 aromatic heterocycles. The second-order valence-corrected chi connectivity index (χ2v) is 8.00. The number of hydrogen-bond acceptors (Lipinski definition) is 4. The van der Waals surface area contributed by atoms with Crippen molar-refractivity contribution in [1.82, 2.24) is 4.31 Å². The Labute approximate surface area is 126 Å². The number of hydrogen-bond donors (Lipinski definition) is 1. The zero-order chi connectivity index (χ0) is 14.0. The van der Waals surface area contributed by atoms with Gasteiger partial charge in [0, 0.05) is 29.6 Å². The van der Waals surface area contributed by atoms with Crippen molar-refractivity contribution in [2.24, 2.45) is 0 Å². The molecule has 0 saturated carbocycles. The predicted octanol–water partition coefficient (Wildman–Crippen LogP) is 2.22. The first-order chi connectivity index (χ1) is 8.96. The average molecular weight is 342 g/mol. The van der Waals surface area contributed by atoms with E-state index in [1.54, 1.807) is 11.8 Å². The van der Waals surface area contributed by atoms with E-state index in [-0.39, 0.29) is 21.5 Å². The van der Waals surface area contributed by atoms with E-state index in [9.17, 15) is 13.5 Å². The van der Waals surface area contributed by atoms with Gasteiger partial charge in [0.25, 0.3) is 0 Å². The Morgan fingerprint density at radius 3 is 2.47 bits per heavy atom. The van der Waals surface area contributed by atoms with Crippen LogP contribution in [-0.4, -0.2) is 42.4 Å². The Hall–Kier alpha value is 0.0200. The molecule has 8 heteroatoms. The molecule has 1 aromatic rings. The van der Waals surface area contributed by atoms with Crippen LogP contribution in [0, 0.1) is 0 Å². The summed E-state index contributed by atoms with van der Waals surface area (Å²) in [4.78, 5) is -0.0300. The lowest BCUT2D eigenvalue weighted by atomic mass is 10.2. The van der Waals surface area contributed by atoms with Gasteiger partial charge in [0.2, 0.25) is 10.0 Å². The summed E-state index contributed by atoms with van der Waals surface area (Å²) in [5.41, 5.74) is 0.319. The van der Waals surface area contributed by atoms with E-state index in [2.05, 4.69) is 0 Å². The van der Waals surface area contributed by atoms with E-state index < -0.39 is 10.0 Å². The zero-order valence-corrected chi connectivity index (χ0v) is 13.1. The van der Waals surface area contributed by atoms with Crippen LogP contribution in [0.15, 0.2) is 17.0 Å². The molecule has 0 spiro atoms. The van der Waals surface area contributed by atoms with Gasteiger partial charge in [-0.05, 0) is 17.7 Å². The van der Waals surface area contributed by atoms with Gasteiger partial charge < -0.3 is 5.11 Å². The first-order valence-corrected chi connectivity index (χ1v) is 8.98. The number of benzene rings is 1. The van der Waals surface area contributed by atoms with E-state index in [1.165, 1.54) is 16.4 Å². The SMILES string of the molecule is O=S(=O)(c1cc(Cl)cc(CO)c1Cl)N1CCSCC1. The Morgan fingerprint density at radius 2 is 1.89 bits per heavy atom. The molecule has 1 aliphatic rings. The van der Waals surface area contributed by atoms with Crippen LogP contribution in [0.2, 0.25) is 10.0 Å². The number of aliphatic hydroxyl groups excluding tert-OH is 1. The molecule has 1 fully saturated rings. The largest absolute Gasteiger partial charge is 0.392 e. The molecule has 1 aliphatic heterocycles. The first kappa shape index (κ1) is 15.4. The van der Waals surface area contributed by atoms with Crippen LogP contribution in [0.1, 0.15) is 5.56 Å². The van der Waals surface area contributed by atoms with Crippen LogP contribution in [-0.2, 0) is 16.6 Å². The summed E-state index contributed by atoms with van der Waals surface area (Å²) in [6.07, 6.45) is 0. The van der Waals surface area contributed by atoms with Crippen molar-refractivity contribution >= 4 is 45.0 Å². The van der Waals surface area contributed by atoms with E-state index in [0.717, 1.165) is 11.5 Å². The van der Waals surface area contributed by atoms with Gasteiger partial charge in [-0.25, -0.2) is 8.42 Å². The molecule has 106 valence electrons. The minimum atomic E-state index is -3.66. The molecular weight excluding hydrogens is 329 g/mol. The molecular formula is C11H13Cl2NO3S2. The van der Waals surface area contributed by atoms with Crippen LogP contribution in [0.3, 0.4) is 0 Å². The third kappa shape index (κ3) is 3.20. The Kier molecular flexibility index (Phi) is 5.03. The molecule has 0 amide bonds. The monoisotopic (exact) mass is 341 g/mol. The molecule has 0 unspecified atom stereocenters. The fraction of sp³-hybridized carbons (Fsp3) is 0.455. The van der Waals surface area contributed by atoms with Crippen LogP contribution >= 0.6 is 35.0 Å². The molecule has 4 nitrogen and oxygen atoms in total. The maximum Gasteiger partial charge on any atom is 0.244 e. The fourth-order valence-electron chi connectivity index (χ4n) is 1.85. The van der Waals surface area contributed by atoms with Crippen molar-refractivity contribution in [3.8, 4) is 0 Å². The van der Waals surface area contributed by atoms with Crippen LogP contribution in [0.25, 0.3) is 0 Å². The maximum atomic E-state index is 12.5. The van der Waals surface area contributed by atoms with Gasteiger partial charge in [-0.3, -0.25) is 0 Å². The van der Waals surface area contributed by atoms with Gasteiger partial charge in [-0.1, -0.05) is 23.2 Å². The minimum absolute atomic E-state index is 0.0300. The van der Waals surface area contributed by atoms with Crippen molar-refractivity contribution < 1.29 is 13.5 Å². The minimum Gasteiger partial charge on any atom is -0.392 e. The highest BCUT2D eigenvalue weighted by Crippen LogP contribution is 2.32. The summed E-state index contributed by atoms with van der Waals surface area (Å²) in [7, 11) is -3.66. The van der Waals surface area contributed by atoms with Crippen molar-refractivity contribution in [2.75, 3.05) is 24.6 Å². The molecule has 0 bridgehead atoms. The first-order valence-electron chi connectivity index (χ1n) is 5.63. The lowest BCUT2D eigenvalue weighted by molar-refractivity contribution is 0.281. The Bertz CT molecular complexity index is 572. The summed E-state index contributed by atoms with van der Waals surface area (Å²) >= 11 is 13.7. The second-order valence-electron chi connectivity index (χ2n) is 4.05. The summed E-state index contributed by atoms with van der Waals surface area (Å²) in [5.74, 6) is 1.54. The quantitative estimate of drug-likeness (QED) is 0.915. The van der Waals surface area contributed by atoms with Gasteiger partial charge in [-0.2, -0.15) is 16.1 Å². The van der Waals surface area contributed by atoms with Crippen molar-refractivity contribution in [2.45, 2.75) is 11.5 Å². The molecule has 1 aromatic carbocycles. The number of rotatable bonds is 3. The Morgan fingerprint density at radius 1 is 1.26 bits per heavy atom. The third-order valence-corrected chi connectivity index (χ3v) is 6.48. The Balaban J connectivity index is 2.47. The number of nitrogens with zero attached hydrogens (tertiary/aromatic N) is 1. The van der Waals surface area contributed by atoms with Crippen LogP contribution in [0.5, 0.6) is 0 Å². The molecule has 19 heavy (non-hydrogen) atoms. The standard InChI is InChI=1S/C11H13Cl2NO3S2/c12-9-5-8(7-15)11(13)10(6-9)19(16,17)14-1-3-18-4-2-14/h5-6,15H,1-4,7H2. The van der Waals surface area contributed by atoms with E-state index >= 15 is 0 Å². The molecule has 1 N–H and O–H groups in total. The summed E-state index contributed by atoms with van der Waals surface area (Å²) in [6.45, 7) is 0.576. The third-order valence-electron chi connectivity index (χ3n) is 2.84. The molecule has 1 saturated heterocycles. The average Bonchev–Trinajstić information content (AvgIpc) is 2.41.